The molecule has 0 aliphatic heterocycles. The topological polar surface area (TPSA) is 87.4 Å². The predicted octanol–water partition coefficient (Wildman–Crippen LogP) is 1.20. The summed E-state index contributed by atoms with van der Waals surface area (Å²) in [5, 5.41) is 15.4. The fourth-order valence-electron chi connectivity index (χ4n) is 1.44. The third kappa shape index (κ3) is 4.25. The van der Waals surface area contributed by atoms with Crippen molar-refractivity contribution < 1.29 is 9.90 Å². The lowest BCUT2D eigenvalue weighted by atomic mass is 10.1. The van der Waals surface area contributed by atoms with Gasteiger partial charge in [0.15, 0.2) is 0 Å². The number of amides is 1. The van der Waals surface area contributed by atoms with Crippen LogP contribution in [-0.2, 0) is 0 Å². The van der Waals surface area contributed by atoms with Crippen molar-refractivity contribution in [2.24, 2.45) is 0 Å². The first kappa shape index (κ1) is 14.3. The minimum absolute atomic E-state index is 0.141. The molecule has 0 saturated carbocycles. The zero-order chi connectivity index (χ0) is 13.8. The Balaban J connectivity index is 2.77. The number of carbonyl (C=O) groups excluding carboxylic acids is 1. The van der Waals surface area contributed by atoms with Crippen molar-refractivity contribution in [3.8, 4) is 0 Å². The standard InChI is InChI=1S/C13H21N3O2/c1-4-15-12(17)9-5-6-11(10(14)7-9)16-8-13(2,3)18/h5-7,16,18H,4,8,14H2,1-3H3,(H,15,17). The van der Waals surface area contributed by atoms with Crippen molar-refractivity contribution >= 4 is 17.3 Å². The highest BCUT2D eigenvalue weighted by Crippen LogP contribution is 2.20. The van der Waals surface area contributed by atoms with Gasteiger partial charge in [0.05, 0.1) is 17.0 Å². The van der Waals surface area contributed by atoms with Crippen LogP contribution in [0.1, 0.15) is 31.1 Å². The van der Waals surface area contributed by atoms with Gasteiger partial charge in [-0.2, -0.15) is 0 Å². The maximum atomic E-state index is 11.6. The molecule has 100 valence electrons. The molecule has 0 saturated heterocycles. The summed E-state index contributed by atoms with van der Waals surface area (Å²) in [7, 11) is 0. The summed E-state index contributed by atoms with van der Waals surface area (Å²) < 4.78 is 0. The largest absolute Gasteiger partial charge is 0.397 e. The predicted molar refractivity (Wildman–Crippen MR) is 73.6 cm³/mol. The minimum Gasteiger partial charge on any atom is -0.397 e. The van der Waals surface area contributed by atoms with Crippen LogP contribution in [0.15, 0.2) is 18.2 Å². The third-order valence-corrected chi connectivity index (χ3v) is 2.36. The van der Waals surface area contributed by atoms with Gasteiger partial charge in [-0.15, -0.1) is 0 Å². The average molecular weight is 251 g/mol. The molecule has 0 spiro atoms. The van der Waals surface area contributed by atoms with Gasteiger partial charge in [0.2, 0.25) is 0 Å². The van der Waals surface area contributed by atoms with Gasteiger partial charge in [-0.05, 0) is 39.0 Å². The van der Waals surface area contributed by atoms with E-state index < -0.39 is 5.60 Å². The Hall–Kier alpha value is -1.75. The van der Waals surface area contributed by atoms with Gasteiger partial charge in [-0.25, -0.2) is 0 Å². The molecule has 0 bridgehead atoms. The molecule has 5 heteroatoms. The van der Waals surface area contributed by atoms with E-state index in [1.807, 2.05) is 6.92 Å². The number of nitrogens with one attached hydrogen (secondary N) is 2. The van der Waals surface area contributed by atoms with Crippen molar-refractivity contribution in [1.82, 2.24) is 5.32 Å². The normalized spacial score (nSPS) is 11.1. The molecule has 1 rings (SSSR count). The van der Waals surface area contributed by atoms with E-state index in [1.54, 1.807) is 32.0 Å². The van der Waals surface area contributed by atoms with E-state index in [2.05, 4.69) is 10.6 Å². The number of carbonyl (C=O) groups is 1. The van der Waals surface area contributed by atoms with E-state index >= 15 is 0 Å². The molecule has 1 amide bonds. The molecule has 5 nitrogen and oxygen atoms in total. The van der Waals surface area contributed by atoms with E-state index in [0.717, 1.165) is 0 Å². The monoisotopic (exact) mass is 251 g/mol. The molecule has 5 N–H and O–H groups in total. The summed E-state index contributed by atoms with van der Waals surface area (Å²) in [5.41, 5.74) is 6.78. The van der Waals surface area contributed by atoms with Crippen molar-refractivity contribution in [1.29, 1.82) is 0 Å². The SMILES string of the molecule is CCNC(=O)c1ccc(NCC(C)(C)O)c(N)c1. The van der Waals surface area contributed by atoms with Crippen molar-refractivity contribution in [2.45, 2.75) is 26.4 Å². The average Bonchev–Trinajstić information content (AvgIpc) is 2.26. The quantitative estimate of drug-likeness (QED) is 0.592. The Bertz CT molecular complexity index is 425. The molecule has 1 aromatic rings. The van der Waals surface area contributed by atoms with E-state index in [-0.39, 0.29) is 5.91 Å². The molecule has 0 atom stereocenters. The highest BCUT2D eigenvalue weighted by atomic mass is 16.3. The van der Waals surface area contributed by atoms with Crippen molar-refractivity contribution in [3.05, 3.63) is 23.8 Å². The summed E-state index contributed by atoms with van der Waals surface area (Å²) in [6.45, 7) is 6.24. The number of rotatable bonds is 5. The van der Waals surface area contributed by atoms with E-state index in [4.69, 9.17) is 5.73 Å². The summed E-state index contributed by atoms with van der Waals surface area (Å²) >= 11 is 0. The Morgan fingerprint density at radius 1 is 1.44 bits per heavy atom. The number of nitrogens with two attached hydrogens (primary N) is 1. The van der Waals surface area contributed by atoms with Gasteiger partial charge in [-0.3, -0.25) is 4.79 Å². The van der Waals surface area contributed by atoms with Crippen LogP contribution in [0, 0.1) is 0 Å². The van der Waals surface area contributed by atoms with Gasteiger partial charge < -0.3 is 21.5 Å². The summed E-state index contributed by atoms with van der Waals surface area (Å²) in [6.07, 6.45) is 0. The molecule has 1 aromatic carbocycles. The molecular formula is C13H21N3O2. The smallest absolute Gasteiger partial charge is 0.251 e. The second-order valence-corrected chi connectivity index (χ2v) is 4.83. The Morgan fingerprint density at radius 3 is 2.61 bits per heavy atom. The van der Waals surface area contributed by atoms with Gasteiger partial charge in [0.1, 0.15) is 0 Å². The lowest BCUT2D eigenvalue weighted by molar-refractivity contribution is 0.0940. The zero-order valence-corrected chi connectivity index (χ0v) is 11.1. The van der Waals surface area contributed by atoms with Crippen LogP contribution in [0.3, 0.4) is 0 Å². The molecule has 0 radical (unpaired) electrons. The number of nitrogen functional groups attached to an aromatic ring is 1. The molecule has 0 aliphatic rings. The number of aliphatic hydroxyl groups is 1. The van der Waals surface area contributed by atoms with Crippen molar-refractivity contribution in [2.75, 3.05) is 24.1 Å². The first-order valence-corrected chi connectivity index (χ1v) is 5.97. The van der Waals surface area contributed by atoms with Crippen LogP contribution in [0.25, 0.3) is 0 Å². The lowest BCUT2D eigenvalue weighted by Crippen LogP contribution is -2.29. The lowest BCUT2D eigenvalue weighted by Gasteiger charge is -2.19. The molecule has 0 unspecified atom stereocenters. The first-order valence-electron chi connectivity index (χ1n) is 5.97. The highest BCUT2D eigenvalue weighted by Gasteiger charge is 2.13. The number of hydrogen-bond donors (Lipinski definition) is 4. The van der Waals surface area contributed by atoms with Gasteiger partial charge >= 0.3 is 0 Å². The Morgan fingerprint density at radius 2 is 2.11 bits per heavy atom. The van der Waals surface area contributed by atoms with Gasteiger partial charge in [0, 0.05) is 18.7 Å². The van der Waals surface area contributed by atoms with Crippen LogP contribution >= 0.6 is 0 Å². The fourth-order valence-corrected chi connectivity index (χ4v) is 1.44. The molecule has 0 aliphatic carbocycles. The summed E-state index contributed by atoms with van der Waals surface area (Å²) in [4.78, 5) is 11.6. The van der Waals surface area contributed by atoms with Gasteiger partial charge in [0.25, 0.3) is 5.91 Å². The summed E-state index contributed by atoms with van der Waals surface area (Å²) in [5.74, 6) is -0.141. The molecule has 0 fully saturated rings. The number of hydrogen-bond acceptors (Lipinski definition) is 4. The molecular weight excluding hydrogens is 230 g/mol. The maximum Gasteiger partial charge on any atom is 0.251 e. The number of benzene rings is 1. The third-order valence-electron chi connectivity index (χ3n) is 2.36. The minimum atomic E-state index is -0.815. The van der Waals surface area contributed by atoms with Crippen LogP contribution in [0.2, 0.25) is 0 Å². The first-order chi connectivity index (χ1) is 8.33. The molecule has 0 aromatic heterocycles. The van der Waals surface area contributed by atoms with Crippen LogP contribution in [0.5, 0.6) is 0 Å². The van der Waals surface area contributed by atoms with Crippen LogP contribution < -0.4 is 16.4 Å². The van der Waals surface area contributed by atoms with Crippen LogP contribution in [0.4, 0.5) is 11.4 Å². The molecule has 0 heterocycles. The second-order valence-electron chi connectivity index (χ2n) is 4.83. The van der Waals surface area contributed by atoms with Crippen molar-refractivity contribution in [3.63, 3.8) is 0 Å². The molecule has 18 heavy (non-hydrogen) atoms. The van der Waals surface area contributed by atoms with E-state index in [9.17, 15) is 9.90 Å². The van der Waals surface area contributed by atoms with E-state index in [0.29, 0.717) is 30.0 Å². The second kappa shape index (κ2) is 5.73. The Labute approximate surface area is 107 Å². The highest BCUT2D eigenvalue weighted by molar-refractivity contribution is 5.96. The van der Waals surface area contributed by atoms with Gasteiger partial charge in [-0.1, -0.05) is 0 Å². The fraction of sp³-hybridized carbons (Fsp3) is 0.462. The zero-order valence-electron chi connectivity index (χ0n) is 11.1. The summed E-state index contributed by atoms with van der Waals surface area (Å²) in [6, 6.07) is 5.07. The maximum absolute atomic E-state index is 11.6. The van der Waals surface area contributed by atoms with E-state index in [1.165, 1.54) is 0 Å². The van der Waals surface area contributed by atoms with Crippen LogP contribution in [-0.4, -0.2) is 29.7 Å². The Kier molecular flexibility index (Phi) is 4.55. The number of anilines is 2.